The van der Waals surface area contributed by atoms with E-state index in [2.05, 4.69) is 0 Å². The van der Waals surface area contributed by atoms with Crippen molar-refractivity contribution in [1.29, 1.82) is 0 Å². The Labute approximate surface area is 142 Å². The summed E-state index contributed by atoms with van der Waals surface area (Å²) in [4.78, 5) is 14.3. The van der Waals surface area contributed by atoms with Gasteiger partial charge in [0.05, 0.1) is 5.60 Å². The van der Waals surface area contributed by atoms with Gasteiger partial charge in [-0.1, -0.05) is 12.1 Å². The summed E-state index contributed by atoms with van der Waals surface area (Å²) in [6, 6.07) is 4.80. The number of halogens is 1. The van der Waals surface area contributed by atoms with E-state index in [0.29, 0.717) is 24.0 Å². The van der Waals surface area contributed by atoms with Crippen LogP contribution in [0.3, 0.4) is 0 Å². The molecule has 2 fully saturated rings. The Kier molecular flexibility index (Phi) is 4.11. The molecule has 0 radical (unpaired) electrons. The third-order valence-electron chi connectivity index (χ3n) is 5.08. The Morgan fingerprint density at radius 2 is 1.88 bits per heavy atom. The lowest BCUT2D eigenvalue weighted by atomic mass is 9.80. The van der Waals surface area contributed by atoms with Crippen molar-refractivity contribution in [1.82, 2.24) is 4.90 Å². The summed E-state index contributed by atoms with van der Waals surface area (Å²) in [5.74, 6) is -0.303. The number of hydrogen-bond acceptors (Lipinski definition) is 3. The molecular weight excluding hydrogens is 309 g/mol. The van der Waals surface area contributed by atoms with E-state index >= 15 is 0 Å². The number of amides is 1. The minimum Gasteiger partial charge on any atom is -0.444 e. The molecule has 2 atom stereocenters. The first-order valence-electron chi connectivity index (χ1n) is 8.59. The molecule has 0 aromatic heterocycles. The van der Waals surface area contributed by atoms with E-state index in [1.54, 1.807) is 24.0 Å². The number of aliphatic hydroxyl groups is 1. The van der Waals surface area contributed by atoms with Crippen molar-refractivity contribution in [2.24, 2.45) is 0 Å². The first kappa shape index (κ1) is 17.2. The van der Waals surface area contributed by atoms with Gasteiger partial charge in [0, 0.05) is 24.9 Å². The van der Waals surface area contributed by atoms with E-state index in [4.69, 9.17) is 4.74 Å². The molecule has 1 aromatic rings. The molecule has 132 valence electrons. The molecule has 4 nitrogen and oxygen atoms in total. The average molecular weight is 335 g/mol. The predicted octanol–water partition coefficient (Wildman–Crippen LogP) is 3.88. The van der Waals surface area contributed by atoms with Gasteiger partial charge in [-0.15, -0.1) is 0 Å². The van der Waals surface area contributed by atoms with Gasteiger partial charge in [-0.2, -0.15) is 0 Å². The smallest absolute Gasteiger partial charge is 0.410 e. The average Bonchev–Trinajstić information content (AvgIpc) is 2.73. The molecular formula is C19H26FNO3. The zero-order valence-electron chi connectivity index (χ0n) is 14.8. The molecule has 2 aliphatic heterocycles. The third kappa shape index (κ3) is 3.14. The molecule has 2 bridgehead atoms. The maximum atomic E-state index is 13.9. The number of ether oxygens (including phenoxy) is 1. The number of benzene rings is 1. The van der Waals surface area contributed by atoms with Crippen LogP contribution < -0.4 is 0 Å². The molecule has 0 spiro atoms. The predicted molar refractivity (Wildman–Crippen MR) is 89.2 cm³/mol. The number of carbonyl (C=O) groups is 1. The minimum atomic E-state index is -1.08. The van der Waals surface area contributed by atoms with Crippen molar-refractivity contribution < 1.29 is 19.0 Å². The zero-order valence-corrected chi connectivity index (χ0v) is 14.8. The number of carbonyl (C=O) groups excluding carboxylic acids is 1. The Morgan fingerprint density at radius 1 is 1.29 bits per heavy atom. The molecule has 0 aliphatic carbocycles. The molecule has 2 aliphatic rings. The fourth-order valence-electron chi connectivity index (χ4n) is 3.96. The number of piperidine rings is 1. The van der Waals surface area contributed by atoms with Gasteiger partial charge in [0.2, 0.25) is 0 Å². The van der Waals surface area contributed by atoms with Gasteiger partial charge >= 0.3 is 6.09 Å². The Hall–Kier alpha value is -1.62. The molecule has 2 heterocycles. The second kappa shape index (κ2) is 5.73. The fraction of sp³-hybridized carbons (Fsp3) is 0.632. The highest BCUT2D eigenvalue weighted by atomic mass is 19.1. The molecule has 5 heteroatoms. The van der Waals surface area contributed by atoms with Gasteiger partial charge in [0.15, 0.2) is 0 Å². The van der Waals surface area contributed by atoms with Crippen LogP contribution in [0.15, 0.2) is 18.2 Å². The van der Waals surface area contributed by atoms with Gasteiger partial charge < -0.3 is 14.7 Å². The van der Waals surface area contributed by atoms with Crippen LogP contribution in [-0.4, -0.2) is 33.8 Å². The molecule has 2 saturated heterocycles. The van der Waals surface area contributed by atoms with Crippen LogP contribution in [0.5, 0.6) is 0 Å². The summed E-state index contributed by atoms with van der Waals surface area (Å²) in [5.41, 5.74) is -0.452. The van der Waals surface area contributed by atoms with Crippen molar-refractivity contribution in [2.45, 2.75) is 76.7 Å². The maximum absolute atomic E-state index is 13.9. The Morgan fingerprint density at radius 3 is 2.38 bits per heavy atom. The highest BCUT2D eigenvalue weighted by molar-refractivity contribution is 5.69. The third-order valence-corrected chi connectivity index (χ3v) is 5.08. The summed E-state index contributed by atoms with van der Waals surface area (Å²) in [6.07, 6.45) is 2.23. The monoisotopic (exact) mass is 335 g/mol. The molecule has 1 N–H and O–H groups in total. The van der Waals surface area contributed by atoms with Gasteiger partial charge in [0.25, 0.3) is 0 Å². The van der Waals surface area contributed by atoms with Crippen LogP contribution in [-0.2, 0) is 10.3 Å². The lowest BCUT2D eigenvalue weighted by Crippen LogP contribution is -2.53. The molecule has 1 aromatic carbocycles. The van der Waals surface area contributed by atoms with Crippen molar-refractivity contribution in [3.05, 3.63) is 35.1 Å². The van der Waals surface area contributed by atoms with E-state index < -0.39 is 11.2 Å². The zero-order chi connectivity index (χ0) is 17.7. The molecule has 3 rings (SSSR count). The van der Waals surface area contributed by atoms with Crippen molar-refractivity contribution in [3.8, 4) is 0 Å². The molecule has 24 heavy (non-hydrogen) atoms. The summed E-state index contributed by atoms with van der Waals surface area (Å²) < 4.78 is 19.4. The number of rotatable bonds is 1. The number of hydrogen-bond donors (Lipinski definition) is 1. The van der Waals surface area contributed by atoms with Crippen LogP contribution in [0.25, 0.3) is 0 Å². The van der Waals surface area contributed by atoms with Crippen LogP contribution in [0.2, 0.25) is 0 Å². The summed E-state index contributed by atoms with van der Waals surface area (Å²) >= 11 is 0. The summed E-state index contributed by atoms with van der Waals surface area (Å²) in [6.45, 7) is 7.25. The van der Waals surface area contributed by atoms with Crippen LogP contribution in [0, 0.1) is 12.7 Å². The van der Waals surface area contributed by atoms with Crippen molar-refractivity contribution in [2.75, 3.05) is 0 Å². The lowest BCUT2D eigenvalue weighted by Gasteiger charge is -2.44. The van der Waals surface area contributed by atoms with Gasteiger partial charge in [-0.25, -0.2) is 9.18 Å². The SMILES string of the molecule is Cc1ccc(C2(O)CC3CCC(C2)N3C(=O)OC(C)(C)C)cc1F. The largest absolute Gasteiger partial charge is 0.444 e. The van der Waals surface area contributed by atoms with E-state index in [9.17, 15) is 14.3 Å². The summed E-state index contributed by atoms with van der Waals surface area (Å²) in [5, 5.41) is 11.1. The van der Waals surface area contributed by atoms with Crippen molar-refractivity contribution in [3.63, 3.8) is 0 Å². The molecule has 2 unspecified atom stereocenters. The van der Waals surface area contributed by atoms with Crippen LogP contribution in [0.1, 0.15) is 57.6 Å². The van der Waals surface area contributed by atoms with Crippen molar-refractivity contribution >= 4 is 6.09 Å². The van der Waals surface area contributed by atoms with E-state index in [1.165, 1.54) is 6.07 Å². The summed E-state index contributed by atoms with van der Waals surface area (Å²) in [7, 11) is 0. The maximum Gasteiger partial charge on any atom is 0.410 e. The fourth-order valence-corrected chi connectivity index (χ4v) is 3.96. The van der Waals surface area contributed by atoms with Gasteiger partial charge in [-0.3, -0.25) is 0 Å². The first-order chi connectivity index (χ1) is 11.1. The standard InChI is InChI=1S/C19H26FNO3/c1-12-5-6-13(9-16(12)20)19(23)10-14-7-8-15(11-19)21(14)17(22)24-18(2,3)4/h5-6,9,14-15,23H,7-8,10-11H2,1-4H3. The number of aryl methyl sites for hydroxylation is 1. The second-order valence-electron chi connectivity index (χ2n) is 8.18. The second-order valence-corrected chi connectivity index (χ2v) is 8.18. The normalized spacial score (nSPS) is 29.7. The Balaban J connectivity index is 1.81. The first-order valence-corrected chi connectivity index (χ1v) is 8.59. The topological polar surface area (TPSA) is 49.8 Å². The van der Waals surface area contributed by atoms with Crippen LogP contribution >= 0.6 is 0 Å². The van der Waals surface area contributed by atoms with E-state index in [0.717, 1.165) is 12.8 Å². The van der Waals surface area contributed by atoms with E-state index in [1.807, 2.05) is 20.8 Å². The number of fused-ring (bicyclic) bond motifs is 2. The van der Waals surface area contributed by atoms with Gasteiger partial charge in [0.1, 0.15) is 11.4 Å². The highest BCUT2D eigenvalue weighted by Gasteiger charge is 2.51. The Bertz CT molecular complexity index is 639. The van der Waals surface area contributed by atoms with E-state index in [-0.39, 0.29) is 24.0 Å². The highest BCUT2D eigenvalue weighted by Crippen LogP contribution is 2.46. The molecule has 1 amide bonds. The quantitative estimate of drug-likeness (QED) is 0.847. The van der Waals surface area contributed by atoms with Crippen LogP contribution in [0.4, 0.5) is 9.18 Å². The lowest BCUT2D eigenvalue weighted by molar-refractivity contribution is -0.0625. The van der Waals surface area contributed by atoms with Gasteiger partial charge in [-0.05, 0) is 57.7 Å². The molecule has 0 saturated carbocycles. The minimum absolute atomic E-state index is 0.0621. The number of nitrogens with zero attached hydrogens (tertiary/aromatic N) is 1.